The summed E-state index contributed by atoms with van der Waals surface area (Å²) in [7, 11) is 1.32. The maximum absolute atomic E-state index is 13.0. The van der Waals surface area contributed by atoms with Gasteiger partial charge in [-0.2, -0.15) is 0 Å². The number of esters is 1. The Balaban J connectivity index is 1.68. The lowest BCUT2D eigenvalue weighted by atomic mass is 10.2. The number of furan rings is 1. The highest BCUT2D eigenvalue weighted by molar-refractivity contribution is 5.97. The maximum Gasteiger partial charge on any atom is 0.354 e. The number of hydrogen-bond acceptors (Lipinski definition) is 4. The summed E-state index contributed by atoms with van der Waals surface area (Å²) in [6.07, 6.45) is 2.39. The molecule has 0 bridgehead atoms. The van der Waals surface area contributed by atoms with Crippen molar-refractivity contribution in [3.8, 4) is 11.5 Å². The van der Waals surface area contributed by atoms with Crippen molar-refractivity contribution >= 4 is 17.6 Å². The highest BCUT2D eigenvalue weighted by atomic mass is 16.5. The summed E-state index contributed by atoms with van der Waals surface area (Å²) in [6, 6.07) is 14.9. The van der Waals surface area contributed by atoms with Crippen LogP contribution < -0.4 is 4.90 Å². The number of ether oxygens (including phenoxy) is 1. The van der Waals surface area contributed by atoms with Gasteiger partial charge in [-0.3, -0.25) is 4.79 Å². The predicted molar refractivity (Wildman–Crippen MR) is 96.0 cm³/mol. The van der Waals surface area contributed by atoms with Gasteiger partial charge < -0.3 is 18.6 Å². The molecule has 0 aliphatic carbocycles. The standard InChI is InChI=1S/C20H18N2O4/c1-25-20(24)17-9-8-16(18-7-4-12-26-18)22(17)13-19(23)21-11-10-14-5-2-3-6-15(14)21/h2-9,12H,10-11,13H2,1H3. The molecule has 6 heteroatoms. The number of nitrogens with zero attached hydrogens (tertiary/aromatic N) is 2. The molecule has 4 rings (SSSR count). The van der Waals surface area contributed by atoms with Crippen molar-refractivity contribution in [2.24, 2.45) is 0 Å². The quantitative estimate of drug-likeness (QED) is 0.678. The first-order chi connectivity index (χ1) is 12.7. The Morgan fingerprint density at radius 1 is 1.12 bits per heavy atom. The normalized spacial score (nSPS) is 12.9. The van der Waals surface area contributed by atoms with E-state index >= 15 is 0 Å². The van der Waals surface area contributed by atoms with Crippen molar-refractivity contribution in [2.75, 3.05) is 18.6 Å². The van der Waals surface area contributed by atoms with Crippen LogP contribution in [0, 0.1) is 0 Å². The molecule has 0 saturated heterocycles. The van der Waals surface area contributed by atoms with Crippen LogP contribution in [0.4, 0.5) is 5.69 Å². The minimum absolute atomic E-state index is 0.0296. The van der Waals surface area contributed by atoms with Crippen molar-refractivity contribution in [3.63, 3.8) is 0 Å². The van der Waals surface area contributed by atoms with E-state index in [4.69, 9.17) is 9.15 Å². The SMILES string of the molecule is COC(=O)c1ccc(-c2ccco2)n1CC(=O)N1CCc2ccccc21. The summed E-state index contributed by atoms with van der Waals surface area (Å²) in [5, 5.41) is 0. The molecule has 1 amide bonds. The molecule has 1 aliphatic heterocycles. The number of fused-ring (bicyclic) bond motifs is 1. The molecule has 3 aromatic rings. The van der Waals surface area contributed by atoms with Crippen LogP contribution in [0.2, 0.25) is 0 Å². The third-order valence-electron chi connectivity index (χ3n) is 4.63. The first kappa shape index (κ1) is 16.2. The average Bonchev–Trinajstić information content (AvgIpc) is 3.39. The van der Waals surface area contributed by atoms with E-state index in [0.29, 0.717) is 23.7 Å². The maximum atomic E-state index is 13.0. The van der Waals surface area contributed by atoms with Crippen LogP contribution in [0.3, 0.4) is 0 Å². The van der Waals surface area contributed by atoms with E-state index in [1.54, 1.807) is 40.0 Å². The smallest absolute Gasteiger partial charge is 0.354 e. The summed E-state index contributed by atoms with van der Waals surface area (Å²) in [5.41, 5.74) is 3.08. The van der Waals surface area contributed by atoms with Gasteiger partial charge in [0.2, 0.25) is 5.91 Å². The van der Waals surface area contributed by atoms with Gasteiger partial charge in [0.1, 0.15) is 18.0 Å². The zero-order chi connectivity index (χ0) is 18.1. The minimum Gasteiger partial charge on any atom is -0.464 e. The fourth-order valence-electron chi connectivity index (χ4n) is 3.38. The zero-order valence-corrected chi connectivity index (χ0v) is 14.3. The van der Waals surface area contributed by atoms with Crippen molar-refractivity contribution in [1.82, 2.24) is 4.57 Å². The summed E-state index contributed by atoms with van der Waals surface area (Å²) in [5.74, 6) is 0.0244. The van der Waals surface area contributed by atoms with Gasteiger partial charge in [0.15, 0.2) is 0 Å². The molecular weight excluding hydrogens is 332 g/mol. The second-order valence-corrected chi connectivity index (χ2v) is 6.08. The van der Waals surface area contributed by atoms with Crippen LogP contribution in [0.1, 0.15) is 16.1 Å². The zero-order valence-electron chi connectivity index (χ0n) is 14.3. The van der Waals surface area contributed by atoms with Gasteiger partial charge in [-0.1, -0.05) is 18.2 Å². The lowest BCUT2D eigenvalue weighted by molar-refractivity contribution is -0.119. The molecule has 6 nitrogen and oxygen atoms in total. The van der Waals surface area contributed by atoms with E-state index in [0.717, 1.165) is 17.7 Å². The molecule has 1 aliphatic rings. The Hall–Kier alpha value is -3.28. The first-order valence-corrected chi connectivity index (χ1v) is 8.39. The predicted octanol–water partition coefficient (Wildman–Crippen LogP) is 3.12. The number of rotatable bonds is 4. The van der Waals surface area contributed by atoms with Crippen molar-refractivity contribution in [2.45, 2.75) is 13.0 Å². The van der Waals surface area contributed by atoms with E-state index in [-0.39, 0.29) is 12.5 Å². The van der Waals surface area contributed by atoms with Gasteiger partial charge in [-0.25, -0.2) is 4.79 Å². The topological polar surface area (TPSA) is 64.7 Å². The lowest BCUT2D eigenvalue weighted by Crippen LogP contribution is -2.33. The average molecular weight is 350 g/mol. The molecule has 2 aromatic heterocycles. The van der Waals surface area contributed by atoms with E-state index in [1.807, 2.05) is 24.3 Å². The van der Waals surface area contributed by atoms with Crippen LogP contribution in [-0.2, 0) is 22.5 Å². The second-order valence-electron chi connectivity index (χ2n) is 6.08. The van der Waals surface area contributed by atoms with Crippen molar-refractivity contribution in [3.05, 3.63) is 66.1 Å². The first-order valence-electron chi connectivity index (χ1n) is 8.39. The fraction of sp³-hybridized carbons (Fsp3) is 0.200. The molecular formula is C20H18N2O4. The van der Waals surface area contributed by atoms with Gasteiger partial charge in [0, 0.05) is 12.2 Å². The van der Waals surface area contributed by atoms with Gasteiger partial charge in [-0.15, -0.1) is 0 Å². The molecule has 0 saturated carbocycles. The molecule has 0 radical (unpaired) electrons. The molecule has 0 spiro atoms. The van der Waals surface area contributed by atoms with Crippen molar-refractivity contribution in [1.29, 1.82) is 0 Å². The second kappa shape index (κ2) is 6.55. The van der Waals surface area contributed by atoms with Gasteiger partial charge >= 0.3 is 5.97 Å². The molecule has 26 heavy (non-hydrogen) atoms. The van der Waals surface area contributed by atoms with Gasteiger partial charge in [0.05, 0.1) is 19.1 Å². The fourth-order valence-corrected chi connectivity index (χ4v) is 3.38. The van der Waals surface area contributed by atoms with Crippen LogP contribution in [-0.4, -0.2) is 30.1 Å². The van der Waals surface area contributed by atoms with Crippen LogP contribution >= 0.6 is 0 Å². The number of anilines is 1. The largest absolute Gasteiger partial charge is 0.464 e. The molecule has 0 fully saturated rings. The van der Waals surface area contributed by atoms with Crippen LogP contribution in [0.5, 0.6) is 0 Å². The number of benzene rings is 1. The minimum atomic E-state index is -0.488. The van der Waals surface area contributed by atoms with Gasteiger partial charge in [0.25, 0.3) is 0 Å². The molecule has 0 atom stereocenters. The monoisotopic (exact) mass is 350 g/mol. The van der Waals surface area contributed by atoms with E-state index in [9.17, 15) is 9.59 Å². The highest BCUT2D eigenvalue weighted by Gasteiger charge is 2.27. The molecule has 3 heterocycles. The Morgan fingerprint density at radius 2 is 1.96 bits per heavy atom. The Kier molecular flexibility index (Phi) is 4.08. The highest BCUT2D eigenvalue weighted by Crippen LogP contribution is 2.29. The third-order valence-corrected chi connectivity index (χ3v) is 4.63. The Morgan fingerprint density at radius 3 is 2.73 bits per heavy atom. The molecule has 0 N–H and O–H groups in total. The number of aromatic nitrogens is 1. The Bertz CT molecular complexity index is 956. The van der Waals surface area contributed by atoms with Crippen LogP contribution in [0.15, 0.2) is 59.2 Å². The Labute approximate surface area is 150 Å². The lowest BCUT2D eigenvalue weighted by Gasteiger charge is -2.19. The molecule has 0 unspecified atom stereocenters. The number of hydrogen-bond donors (Lipinski definition) is 0. The molecule has 132 valence electrons. The number of para-hydroxylation sites is 1. The summed E-state index contributed by atoms with van der Waals surface area (Å²) in [6.45, 7) is 0.672. The third kappa shape index (κ3) is 2.69. The molecule has 1 aromatic carbocycles. The van der Waals surface area contributed by atoms with Crippen molar-refractivity contribution < 1.29 is 18.7 Å². The summed E-state index contributed by atoms with van der Waals surface area (Å²) in [4.78, 5) is 26.9. The summed E-state index contributed by atoms with van der Waals surface area (Å²) >= 11 is 0. The van der Waals surface area contributed by atoms with E-state index in [2.05, 4.69) is 0 Å². The van der Waals surface area contributed by atoms with E-state index < -0.39 is 5.97 Å². The number of carbonyl (C=O) groups is 2. The van der Waals surface area contributed by atoms with Gasteiger partial charge in [-0.05, 0) is 42.3 Å². The van der Waals surface area contributed by atoms with Crippen LogP contribution in [0.25, 0.3) is 11.5 Å². The van der Waals surface area contributed by atoms with E-state index in [1.165, 1.54) is 7.11 Å². The number of amides is 1. The summed E-state index contributed by atoms with van der Waals surface area (Å²) < 4.78 is 12.0. The number of methoxy groups -OCH3 is 1. The number of carbonyl (C=O) groups excluding carboxylic acids is 2.